The van der Waals surface area contributed by atoms with Crippen LogP contribution in [0.3, 0.4) is 0 Å². The Bertz CT molecular complexity index is 1160. The van der Waals surface area contributed by atoms with Gasteiger partial charge in [0, 0.05) is 44.2 Å². The number of amides is 1. The normalized spacial score (nSPS) is 20.8. The highest BCUT2D eigenvalue weighted by Gasteiger charge is 2.38. The van der Waals surface area contributed by atoms with Crippen molar-refractivity contribution in [1.82, 2.24) is 14.2 Å². The minimum Gasteiger partial charge on any atom is -0.487 e. The van der Waals surface area contributed by atoms with Crippen LogP contribution in [0.4, 0.5) is 0 Å². The van der Waals surface area contributed by atoms with Gasteiger partial charge in [-0.1, -0.05) is 18.9 Å². The molecule has 2 aromatic rings. The summed E-state index contributed by atoms with van der Waals surface area (Å²) in [7, 11) is -2.25. The van der Waals surface area contributed by atoms with Crippen LogP contribution in [-0.2, 0) is 14.8 Å². The van der Waals surface area contributed by atoms with Crippen LogP contribution in [0.25, 0.3) is 0 Å². The highest BCUT2D eigenvalue weighted by molar-refractivity contribution is 7.89. The number of fused-ring (bicyclic) bond motifs is 1. The van der Waals surface area contributed by atoms with E-state index in [0.717, 1.165) is 0 Å². The molecule has 0 unspecified atom stereocenters. The Hall–Kier alpha value is -2.93. The molecule has 3 atom stereocenters. The van der Waals surface area contributed by atoms with Crippen molar-refractivity contribution in [3.63, 3.8) is 0 Å². The molecule has 1 N–H and O–H groups in total. The molecule has 0 aliphatic carbocycles. The van der Waals surface area contributed by atoms with Gasteiger partial charge in [-0.25, -0.2) is 13.4 Å². The Morgan fingerprint density at radius 1 is 1.33 bits per heavy atom. The summed E-state index contributed by atoms with van der Waals surface area (Å²) in [4.78, 5) is 17.6. The van der Waals surface area contributed by atoms with Gasteiger partial charge in [0.15, 0.2) is 0 Å². The minimum absolute atomic E-state index is 0.00793. The zero-order valence-corrected chi connectivity index (χ0v) is 20.0. The largest absolute Gasteiger partial charge is 0.487 e. The quantitative estimate of drug-likeness (QED) is 0.682. The monoisotopic (exact) mass is 471 g/mol. The molecule has 0 fully saturated rings. The summed E-state index contributed by atoms with van der Waals surface area (Å²) in [5.41, 5.74) is 1.17. The molecule has 1 aliphatic rings. The fourth-order valence-corrected chi connectivity index (χ4v) is 5.32. The van der Waals surface area contributed by atoms with Crippen LogP contribution >= 0.6 is 0 Å². The Morgan fingerprint density at radius 3 is 2.73 bits per heavy atom. The van der Waals surface area contributed by atoms with Crippen molar-refractivity contribution in [3.05, 3.63) is 53.9 Å². The predicted molar refractivity (Wildman–Crippen MR) is 124 cm³/mol. The maximum absolute atomic E-state index is 13.5. The number of carbonyl (C=O) groups excluding carboxylic acids is 1. The number of benzene rings is 1. The minimum atomic E-state index is -3.93. The van der Waals surface area contributed by atoms with Gasteiger partial charge in [-0.3, -0.25) is 4.79 Å². The van der Waals surface area contributed by atoms with Gasteiger partial charge in [-0.15, -0.1) is 0 Å². The Labute approximate surface area is 195 Å². The van der Waals surface area contributed by atoms with Crippen LogP contribution in [0.5, 0.6) is 5.75 Å². The van der Waals surface area contributed by atoms with E-state index in [1.807, 2.05) is 13.0 Å². The highest BCUT2D eigenvalue weighted by Crippen LogP contribution is 2.34. The third-order valence-corrected chi connectivity index (χ3v) is 7.68. The number of ether oxygens (including phenoxy) is 1. The lowest BCUT2D eigenvalue weighted by molar-refractivity contribution is -0.129. The standard InChI is InChI=1S/C24H29N3O5S/c1-17-14-27(18(2)16-28)33(30,31)24-11-9-20(8-10-21-7-5-6-12-25-21)13-22(24)32-23(17)15-26(4)19(3)29/h5-7,9,11-13,17-18,23,28H,14-16H2,1-4H3/t17-,18-,23+/m0/s1. The lowest BCUT2D eigenvalue weighted by Gasteiger charge is -2.37. The number of likely N-dealkylation sites (N-methyl/N-ethyl adjacent to an activating group) is 1. The van der Waals surface area contributed by atoms with Crippen molar-refractivity contribution in [2.75, 3.05) is 26.7 Å². The van der Waals surface area contributed by atoms with Crippen molar-refractivity contribution in [1.29, 1.82) is 0 Å². The maximum atomic E-state index is 13.5. The zero-order valence-electron chi connectivity index (χ0n) is 19.2. The van der Waals surface area contributed by atoms with E-state index in [0.29, 0.717) is 17.8 Å². The molecular weight excluding hydrogens is 442 g/mol. The average molecular weight is 472 g/mol. The third-order valence-electron chi connectivity index (χ3n) is 5.66. The first-order valence-electron chi connectivity index (χ1n) is 10.7. The van der Waals surface area contributed by atoms with Crippen LogP contribution in [0.15, 0.2) is 47.5 Å². The first-order valence-corrected chi connectivity index (χ1v) is 12.2. The molecule has 1 aromatic carbocycles. The van der Waals surface area contributed by atoms with E-state index in [2.05, 4.69) is 16.8 Å². The van der Waals surface area contributed by atoms with Crippen LogP contribution in [-0.4, -0.2) is 72.5 Å². The second-order valence-corrected chi connectivity index (χ2v) is 10.1. The van der Waals surface area contributed by atoms with Crippen molar-refractivity contribution in [2.45, 2.75) is 37.8 Å². The van der Waals surface area contributed by atoms with Gasteiger partial charge < -0.3 is 14.7 Å². The second kappa shape index (κ2) is 10.3. The van der Waals surface area contributed by atoms with Crippen molar-refractivity contribution in [2.24, 2.45) is 5.92 Å². The number of nitrogens with zero attached hydrogens (tertiary/aromatic N) is 3. The summed E-state index contributed by atoms with van der Waals surface area (Å²) in [6.45, 7) is 5.14. The number of pyridine rings is 1. The first-order chi connectivity index (χ1) is 15.6. The number of aromatic nitrogens is 1. The number of aliphatic hydroxyl groups excluding tert-OH is 1. The van der Waals surface area contributed by atoms with Crippen LogP contribution in [0, 0.1) is 17.8 Å². The third kappa shape index (κ3) is 5.71. The number of carbonyl (C=O) groups is 1. The van der Waals surface area contributed by atoms with Gasteiger partial charge in [-0.05, 0) is 43.2 Å². The van der Waals surface area contributed by atoms with Gasteiger partial charge in [0.2, 0.25) is 15.9 Å². The van der Waals surface area contributed by atoms with E-state index in [1.54, 1.807) is 49.3 Å². The van der Waals surface area contributed by atoms with E-state index in [4.69, 9.17) is 4.74 Å². The van der Waals surface area contributed by atoms with Crippen LogP contribution in [0.1, 0.15) is 32.0 Å². The highest BCUT2D eigenvalue weighted by atomic mass is 32.2. The van der Waals surface area contributed by atoms with Crippen molar-refractivity contribution in [3.8, 4) is 17.6 Å². The van der Waals surface area contributed by atoms with E-state index in [9.17, 15) is 18.3 Å². The maximum Gasteiger partial charge on any atom is 0.247 e. The Kier molecular flexibility index (Phi) is 7.74. The Morgan fingerprint density at radius 2 is 2.09 bits per heavy atom. The van der Waals surface area contributed by atoms with E-state index in [-0.39, 0.29) is 35.6 Å². The van der Waals surface area contributed by atoms with Gasteiger partial charge in [0.25, 0.3) is 0 Å². The summed E-state index contributed by atoms with van der Waals surface area (Å²) in [5, 5.41) is 9.71. The molecule has 1 aromatic heterocycles. The smallest absolute Gasteiger partial charge is 0.247 e. The molecular formula is C24H29N3O5S. The van der Waals surface area contributed by atoms with Crippen molar-refractivity contribution < 1.29 is 23.1 Å². The van der Waals surface area contributed by atoms with Crippen LogP contribution < -0.4 is 4.74 Å². The molecule has 0 saturated carbocycles. The fraction of sp³-hybridized carbons (Fsp3) is 0.417. The molecule has 8 nitrogen and oxygen atoms in total. The van der Waals surface area contributed by atoms with Gasteiger partial charge >= 0.3 is 0 Å². The Balaban J connectivity index is 2.08. The van der Waals surface area contributed by atoms with Gasteiger partial charge in [0.1, 0.15) is 22.4 Å². The SMILES string of the molecule is CC(=O)N(C)C[C@H]1Oc2cc(C#Cc3ccccn3)ccc2S(=O)(=O)N([C@@H](C)CO)C[C@@H]1C. The summed E-state index contributed by atoms with van der Waals surface area (Å²) in [6.07, 6.45) is 1.19. The predicted octanol–water partition coefficient (Wildman–Crippen LogP) is 1.73. The number of sulfonamides is 1. The lowest BCUT2D eigenvalue weighted by atomic mass is 10.0. The molecule has 3 rings (SSSR count). The topological polar surface area (TPSA) is 100 Å². The number of aliphatic hydroxyl groups is 1. The molecule has 0 radical (unpaired) electrons. The molecule has 2 heterocycles. The number of rotatable bonds is 4. The number of hydrogen-bond donors (Lipinski definition) is 1. The summed E-state index contributed by atoms with van der Waals surface area (Å²) < 4.78 is 34.5. The zero-order chi connectivity index (χ0) is 24.2. The molecule has 33 heavy (non-hydrogen) atoms. The van der Waals surface area contributed by atoms with Crippen molar-refractivity contribution >= 4 is 15.9 Å². The van der Waals surface area contributed by atoms with Gasteiger partial charge in [0.05, 0.1) is 13.2 Å². The molecule has 9 heteroatoms. The fourth-order valence-electron chi connectivity index (χ4n) is 3.49. The van der Waals surface area contributed by atoms with E-state index >= 15 is 0 Å². The average Bonchev–Trinajstić information content (AvgIpc) is 2.79. The molecule has 1 amide bonds. The molecule has 176 valence electrons. The lowest BCUT2D eigenvalue weighted by Crippen LogP contribution is -2.50. The summed E-state index contributed by atoms with van der Waals surface area (Å²) in [5.74, 6) is 5.77. The summed E-state index contributed by atoms with van der Waals surface area (Å²) in [6, 6.07) is 9.51. The molecule has 0 bridgehead atoms. The molecule has 0 spiro atoms. The van der Waals surface area contributed by atoms with Gasteiger partial charge in [-0.2, -0.15) is 4.31 Å². The first kappa shape index (κ1) is 24.7. The molecule has 0 saturated heterocycles. The molecule has 1 aliphatic heterocycles. The summed E-state index contributed by atoms with van der Waals surface area (Å²) >= 11 is 0. The van der Waals surface area contributed by atoms with E-state index < -0.39 is 22.2 Å². The second-order valence-electron chi connectivity index (χ2n) is 8.27. The number of hydrogen-bond acceptors (Lipinski definition) is 6. The van der Waals surface area contributed by atoms with Crippen LogP contribution in [0.2, 0.25) is 0 Å². The van der Waals surface area contributed by atoms with E-state index in [1.165, 1.54) is 17.3 Å².